The van der Waals surface area contributed by atoms with Gasteiger partial charge in [-0.3, -0.25) is 4.79 Å². The first-order valence-corrected chi connectivity index (χ1v) is 19.1. The molecule has 0 aromatic carbocycles. The highest BCUT2D eigenvalue weighted by atomic mass is 35.5. The fourth-order valence-electron chi connectivity index (χ4n) is 8.41. The maximum absolute atomic E-state index is 13.2. The molecule has 3 aromatic heterocycles. The number of ether oxygens (including phenoxy) is 1. The molecule has 3 saturated carbocycles. The van der Waals surface area contributed by atoms with E-state index in [9.17, 15) is 13.2 Å². The van der Waals surface area contributed by atoms with E-state index in [2.05, 4.69) is 58.1 Å². The summed E-state index contributed by atoms with van der Waals surface area (Å²) in [5, 5.41) is 11.0. The zero-order chi connectivity index (χ0) is 33.9. The molecule has 13 heteroatoms. The van der Waals surface area contributed by atoms with Crippen molar-refractivity contribution in [2.24, 2.45) is 28.6 Å². The van der Waals surface area contributed by atoms with Crippen LogP contribution in [-0.2, 0) is 10.0 Å². The first-order chi connectivity index (χ1) is 22.8. The molecule has 4 heterocycles. The van der Waals surface area contributed by atoms with E-state index in [1.165, 1.54) is 42.5 Å². The maximum atomic E-state index is 13.2. The average molecular weight is 696 g/mol. The number of amides is 1. The molecule has 0 bridgehead atoms. The summed E-state index contributed by atoms with van der Waals surface area (Å²) in [5.74, 6) is 2.13. The number of nitrogens with zero attached hydrogens (tertiary/aromatic N) is 4. The Morgan fingerprint density at radius 2 is 1.83 bits per heavy atom. The van der Waals surface area contributed by atoms with Crippen LogP contribution in [0.3, 0.4) is 0 Å². The molecule has 4 fully saturated rings. The summed E-state index contributed by atoms with van der Waals surface area (Å²) in [6.07, 6.45) is 11.4. The van der Waals surface area contributed by atoms with Gasteiger partial charge in [-0.25, -0.2) is 19.4 Å². The van der Waals surface area contributed by atoms with Gasteiger partial charge in [-0.15, -0.1) is 5.10 Å². The molecule has 0 radical (unpaired) electrons. The van der Waals surface area contributed by atoms with Crippen molar-refractivity contribution in [3.8, 4) is 11.7 Å². The second-order valence-corrected chi connectivity index (χ2v) is 17.3. The molecule has 2 spiro atoms. The van der Waals surface area contributed by atoms with Gasteiger partial charge in [-0.1, -0.05) is 31.5 Å². The fourth-order valence-corrected chi connectivity index (χ4v) is 9.58. The molecule has 48 heavy (non-hydrogen) atoms. The van der Waals surface area contributed by atoms with Crippen LogP contribution in [0.1, 0.15) is 89.4 Å². The van der Waals surface area contributed by atoms with Crippen molar-refractivity contribution in [2.45, 2.75) is 95.7 Å². The minimum absolute atomic E-state index is 0.0844. The van der Waals surface area contributed by atoms with Crippen molar-refractivity contribution >= 4 is 33.3 Å². The lowest BCUT2D eigenvalue weighted by atomic mass is 9.90. The second kappa shape index (κ2) is 12.3. The van der Waals surface area contributed by atoms with E-state index in [0.29, 0.717) is 46.8 Å². The Bertz CT molecular complexity index is 1780. The average Bonchev–Trinajstić information content (AvgIpc) is 3.98. The summed E-state index contributed by atoms with van der Waals surface area (Å²) < 4.78 is 36.0. The number of pyridine rings is 2. The first kappa shape index (κ1) is 33.3. The third-order valence-corrected chi connectivity index (χ3v) is 12.8. The molecular weight excluding hydrogens is 650 g/mol. The molecular formula is C35H46ClN7O4S. The first-order valence-electron chi connectivity index (χ1n) is 17.2. The molecule has 3 N–H and O–H groups in total. The number of carbonyl (C=O) groups is 1. The lowest BCUT2D eigenvalue weighted by Crippen LogP contribution is -2.32. The van der Waals surface area contributed by atoms with Crippen molar-refractivity contribution in [1.82, 2.24) is 29.8 Å². The number of sulfonamides is 1. The van der Waals surface area contributed by atoms with Crippen molar-refractivity contribution in [3.05, 3.63) is 53.3 Å². The van der Waals surface area contributed by atoms with Gasteiger partial charge in [-0.05, 0) is 125 Å². The Morgan fingerprint density at radius 3 is 2.48 bits per heavy atom. The smallest absolute Gasteiger partial charge is 0.281 e. The number of anilines is 1. The van der Waals surface area contributed by atoms with Crippen LogP contribution in [-0.4, -0.2) is 58.8 Å². The van der Waals surface area contributed by atoms with E-state index < -0.39 is 15.9 Å². The van der Waals surface area contributed by atoms with Gasteiger partial charge < -0.3 is 15.4 Å². The lowest BCUT2D eigenvalue weighted by molar-refractivity contribution is 0.0981. The number of nitrogens with one attached hydrogen (secondary N) is 3. The van der Waals surface area contributed by atoms with E-state index in [4.69, 9.17) is 16.3 Å². The number of hydrogen-bond acceptors (Lipinski definition) is 9. The minimum Gasteiger partial charge on any atom is -0.477 e. The standard InChI is InChI=1S/C35H46ClN7O4S/c1-22(2)25(10-8-23-20-33(3,4)37-21-23)38-27-6-5-7-30(39-27)48(45,46)42-32(44)24-9-11-28(40-31(24)36)43-18-12-29(41-43)47-19-13-26-34(14-15-34)35(26)16-17-35/h5-7,9,11-12,18,22-23,25-26,37H,8,10,13-17,19-21H2,1-4H3,(H,38,39)(H,42,44)/t23-,25?/m1/s1. The third-order valence-electron chi connectivity index (χ3n) is 11.3. The summed E-state index contributed by atoms with van der Waals surface area (Å²) >= 11 is 6.38. The summed E-state index contributed by atoms with van der Waals surface area (Å²) in [5.41, 5.74) is 1.39. The van der Waals surface area contributed by atoms with Gasteiger partial charge in [-0.2, -0.15) is 8.42 Å². The Kier molecular flexibility index (Phi) is 8.51. The number of aromatic nitrogens is 4. The molecule has 11 nitrogen and oxygen atoms in total. The molecule has 1 unspecified atom stereocenters. The van der Waals surface area contributed by atoms with E-state index in [1.54, 1.807) is 30.5 Å². The number of carbonyl (C=O) groups excluding carboxylic acids is 1. The van der Waals surface area contributed by atoms with Crippen LogP contribution in [0.4, 0.5) is 5.82 Å². The predicted molar refractivity (Wildman–Crippen MR) is 184 cm³/mol. The lowest BCUT2D eigenvalue weighted by Gasteiger charge is -2.25. The van der Waals surface area contributed by atoms with Crippen LogP contribution in [0.25, 0.3) is 5.82 Å². The number of hydrogen-bond donors (Lipinski definition) is 3. The van der Waals surface area contributed by atoms with Crippen LogP contribution in [0.2, 0.25) is 5.15 Å². The van der Waals surface area contributed by atoms with E-state index in [-0.39, 0.29) is 27.3 Å². The molecule has 7 rings (SSSR count). The SMILES string of the molecule is CC(C)C(CC[C@H]1CNC(C)(C)C1)Nc1cccc(S(=O)(=O)NC(=O)c2ccc(-n3ccc(OCCC4C5(CC5)C45CC5)n3)nc2Cl)n1. The van der Waals surface area contributed by atoms with Crippen LogP contribution >= 0.6 is 11.6 Å². The quantitative estimate of drug-likeness (QED) is 0.173. The Balaban J connectivity index is 0.942. The van der Waals surface area contributed by atoms with Crippen molar-refractivity contribution < 1.29 is 17.9 Å². The predicted octanol–water partition coefficient (Wildman–Crippen LogP) is 6.00. The van der Waals surface area contributed by atoms with Gasteiger partial charge >= 0.3 is 0 Å². The highest BCUT2D eigenvalue weighted by molar-refractivity contribution is 7.90. The summed E-state index contributed by atoms with van der Waals surface area (Å²) in [7, 11) is -4.30. The van der Waals surface area contributed by atoms with Crippen molar-refractivity contribution in [3.63, 3.8) is 0 Å². The van der Waals surface area contributed by atoms with Gasteiger partial charge in [0.15, 0.2) is 10.8 Å². The highest BCUT2D eigenvalue weighted by Crippen LogP contribution is 2.93. The van der Waals surface area contributed by atoms with Crippen LogP contribution in [0, 0.1) is 28.6 Å². The number of rotatable bonds is 14. The monoisotopic (exact) mass is 695 g/mol. The molecule has 3 aliphatic carbocycles. The molecule has 1 saturated heterocycles. The Labute approximate surface area is 288 Å². The number of halogens is 1. The van der Waals surface area contributed by atoms with Gasteiger partial charge in [0.2, 0.25) is 5.88 Å². The summed E-state index contributed by atoms with van der Waals surface area (Å²) in [6, 6.07) is 9.57. The zero-order valence-electron chi connectivity index (χ0n) is 28.1. The minimum atomic E-state index is -4.30. The van der Waals surface area contributed by atoms with Gasteiger partial charge in [0.25, 0.3) is 15.9 Å². The van der Waals surface area contributed by atoms with E-state index in [1.807, 2.05) is 0 Å². The van der Waals surface area contributed by atoms with Crippen LogP contribution in [0.5, 0.6) is 5.88 Å². The topological polar surface area (TPSA) is 140 Å². The van der Waals surface area contributed by atoms with Gasteiger partial charge in [0.05, 0.1) is 12.2 Å². The molecule has 2 atom stereocenters. The molecule has 3 aromatic rings. The fraction of sp³-hybridized carbons (Fsp3) is 0.600. The third kappa shape index (κ3) is 6.55. The summed E-state index contributed by atoms with van der Waals surface area (Å²) in [6.45, 7) is 10.4. The van der Waals surface area contributed by atoms with Crippen molar-refractivity contribution in [2.75, 3.05) is 18.5 Å². The largest absolute Gasteiger partial charge is 0.477 e. The van der Waals surface area contributed by atoms with Gasteiger partial charge in [0, 0.05) is 23.8 Å². The van der Waals surface area contributed by atoms with E-state index >= 15 is 0 Å². The van der Waals surface area contributed by atoms with Gasteiger partial charge in [0.1, 0.15) is 11.0 Å². The highest BCUT2D eigenvalue weighted by Gasteiger charge is 2.85. The second-order valence-electron chi connectivity index (χ2n) is 15.3. The molecule has 4 aliphatic rings. The Morgan fingerprint density at radius 1 is 1.08 bits per heavy atom. The molecule has 1 amide bonds. The summed E-state index contributed by atoms with van der Waals surface area (Å²) in [4.78, 5) is 21.7. The maximum Gasteiger partial charge on any atom is 0.281 e. The molecule has 258 valence electrons. The Hall–Kier alpha value is -3.22. The molecule has 1 aliphatic heterocycles. The van der Waals surface area contributed by atoms with Crippen molar-refractivity contribution in [1.29, 1.82) is 0 Å². The zero-order valence-corrected chi connectivity index (χ0v) is 29.7. The van der Waals surface area contributed by atoms with Crippen LogP contribution in [0.15, 0.2) is 47.6 Å². The van der Waals surface area contributed by atoms with Crippen LogP contribution < -0.4 is 20.1 Å². The number of fused-ring (bicyclic) bond motifs is 1. The van der Waals surface area contributed by atoms with E-state index in [0.717, 1.165) is 38.1 Å². The normalized spacial score (nSPS) is 22.2.